The molecule has 0 aromatic heterocycles. The zero-order chi connectivity index (χ0) is 44.4. The predicted molar refractivity (Wildman–Crippen MR) is 216 cm³/mol. The first-order chi connectivity index (χ1) is 28.8. The second-order valence-electron chi connectivity index (χ2n) is 16.9. The summed E-state index contributed by atoms with van der Waals surface area (Å²) in [6.07, 6.45) is -1.85. The van der Waals surface area contributed by atoms with Crippen molar-refractivity contribution in [1.82, 2.24) is 30.7 Å². The van der Waals surface area contributed by atoms with Crippen LogP contribution in [0.3, 0.4) is 0 Å². The smallest absolute Gasteiger partial charge is 0.329 e. The number of carbonyl (C=O) groups excluding carboxylic acids is 7. The number of amides is 6. The van der Waals surface area contributed by atoms with Crippen LogP contribution in [0.5, 0.6) is 0 Å². The molecule has 3 fully saturated rings. The van der Waals surface area contributed by atoms with Gasteiger partial charge in [0.05, 0.1) is 12.5 Å². The van der Waals surface area contributed by atoms with Crippen LogP contribution in [-0.4, -0.2) is 143 Å². The molecule has 6 amide bonds. The number of likely N-dealkylation sites (N-methyl/N-ethyl adjacent to an activating group) is 2. The van der Waals surface area contributed by atoms with Gasteiger partial charge in [-0.25, -0.2) is 13.6 Å². The van der Waals surface area contributed by atoms with Gasteiger partial charge < -0.3 is 45.4 Å². The highest BCUT2D eigenvalue weighted by Gasteiger charge is 2.47. The van der Waals surface area contributed by atoms with E-state index in [0.29, 0.717) is 18.1 Å². The van der Waals surface area contributed by atoms with E-state index in [1.54, 1.807) is 6.07 Å². The second-order valence-corrected chi connectivity index (χ2v) is 16.9. The first kappa shape index (κ1) is 44.9. The Morgan fingerprint density at radius 3 is 2.31 bits per heavy atom. The van der Waals surface area contributed by atoms with Gasteiger partial charge in [-0.2, -0.15) is 0 Å². The summed E-state index contributed by atoms with van der Waals surface area (Å²) < 4.78 is 34.7. The maximum Gasteiger partial charge on any atom is 0.329 e. The number of nitrogens with zero attached hydrogens (tertiary/aromatic N) is 4. The average molecular weight is 852 g/mol. The Morgan fingerprint density at radius 2 is 1.62 bits per heavy atom. The fourth-order valence-electron chi connectivity index (χ4n) is 8.98. The highest BCUT2D eigenvalue weighted by atomic mass is 19.1. The van der Waals surface area contributed by atoms with Crippen LogP contribution in [0.2, 0.25) is 0 Å². The van der Waals surface area contributed by atoms with E-state index in [1.807, 2.05) is 26.1 Å². The summed E-state index contributed by atoms with van der Waals surface area (Å²) in [5.41, 5.74) is 2.80. The number of hydrogen-bond donors (Lipinski definition) is 4. The van der Waals surface area contributed by atoms with Gasteiger partial charge in [0.2, 0.25) is 35.4 Å². The number of carbonyl (C=O) groups is 7. The second kappa shape index (κ2) is 18.5. The molecule has 4 heterocycles. The van der Waals surface area contributed by atoms with E-state index in [4.69, 9.17) is 4.74 Å². The number of benzene rings is 2. The number of rotatable bonds is 8. The number of ether oxygens (including phenoxy) is 1. The molecule has 3 saturated heterocycles. The molecule has 61 heavy (non-hydrogen) atoms. The third-order valence-electron chi connectivity index (χ3n) is 12.1. The summed E-state index contributed by atoms with van der Waals surface area (Å²) in [7, 11) is 3.27. The molecule has 2 aromatic rings. The van der Waals surface area contributed by atoms with Crippen LogP contribution >= 0.6 is 0 Å². The lowest BCUT2D eigenvalue weighted by Gasteiger charge is -2.37. The summed E-state index contributed by atoms with van der Waals surface area (Å²) in [5, 5.41) is 18.6. The molecule has 2 aromatic carbocycles. The van der Waals surface area contributed by atoms with Crippen LogP contribution < -0.4 is 20.9 Å². The van der Waals surface area contributed by atoms with Crippen LogP contribution in [0, 0.1) is 17.6 Å². The molecular formula is C43H55F2N7O9. The van der Waals surface area contributed by atoms with Crippen LogP contribution in [0.1, 0.15) is 63.6 Å². The van der Waals surface area contributed by atoms with E-state index in [2.05, 4.69) is 20.9 Å². The summed E-state index contributed by atoms with van der Waals surface area (Å²) in [5.74, 6) is -7.36. The first-order valence-corrected chi connectivity index (χ1v) is 20.8. The lowest BCUT2D eigenvalue weighted by Crippen LogP contribution is -2.63. The third kappa shape index (κ3) is 9.95. The Kier molecular flexibility index (Phi) is 13.6. The number of halogens is 2. The van der Waals surface area contributed by atoms with Crippen molar-refractivity contribution in [2.24, 2.45) is 5.92 Å². The van der Waals surface area contributed by atoms with Crippen molar-refractivity contribution in [3.8, 4) is 0 Å². The molecule has 1 unspecified atom stereocenters. The van der Waals surface area contributed by atoms with E-state index >= 15 is 0 Å². The minimum atomic E-state index is -1.67. The number of esters is 1. The Balaban J connectivity index is 1.33. The number of aliphatic hydroxyl groups excluding tert-OH is 1. The number of hydrogen-bond acceptors (Lipinski definition) is 10. The molecule has 9 atom stereocenters. The predicted octanol–water partition coefficient (Wildman–Crippen LogP) is 0.598. The standard InChI is InChI=1S/C43H55F2N7O9/c1-22-14-34-43(60)61-25(4)36(42(59)51-12-7-8-33(51)41(58)50(6)37(24(3)53)39(56)46-23(2)40(57)52(34)21-22)48-38(55)31(18-27-16-29(44)20-30(45)17-27)47-35(54)19-26-9-10-32-28(15-26)11-13-49(32)5/h9-10,15-17,20,22-25,31,33-34,36-37,53H,7-8,11-14,18-19,21H2,1-6H3,(H,46,56)(H,47,54)(H,48,55)/t22-,23+,24-,25+,31+,33+,34+,36+,37?/m1/s1. The van der Waals surface area contributed by atoms with E-state index in [9.17, 15) is 47.4 Å². The number of cyclic esters (lactones) is 1. The number of fused-ring (bicyclic) bond motifs is 3. The lowest BCUT2D eigenvalue weighted by atomic mass is 10.0. The molecule has 16 nitrogen and oxygen atoms in total. The highest BCUT2D eigenvalue weighted by Crippen LogP contribution is 2.29. The monoisotopic (exact) mass is 851 g/mol. The van der Waals surface area contributed by atoms with Gasteiger partial charge in [0.15, 0.2) is 0 Å². The Morgan fingerprint density at radius 1 is 0.918 bits per heavy atom. The molecule has 0 aliphatic carbocycles. The topological polar surface area (TPSA) is 198 Å². The maximum atomic E-state index is 14.7. The summed E-state index contributed by atoms with van der Waals surface area (Å²) >= 11 is 0. The van der Waals surface area contributed by atoms with Crippen LogP contribution in [0.15, 0.2) is 36.4 Å². The number of aliphatic hydroxyl groups is 1. The lowest BCUT2D eigenvalue weighted by molar-refractivity contribution is -0.163. The molecule has 0 saturated carbocycles. The van der Waals surface area contributed by atoms with E-state index in [-0.39, 0.29) is 43.8 Å². The summed E-state index contributed by atoms with van der Waals surface area (Å²) in [4.78, 5) is 104. The fourth-order valence-corrected chi connectivity index (χ4v) is 8.98. The van der Waals surface area contributed by atoms with Crippen molar-refractivity contribution in [1.29, 1.82) is 0 Å². The van der Waals surface area contributed by atoms with Gasteiger partial charge in [-0.3, -0.25) is 28.8 Å². The Hall–Kier alpha value is -5.65. The van der Waals surface area contributed by atoms with E-state index in [0.717, 1.165) is 41.2 Å². The van der Waals surface area contributed by atoms with Crippen molar-refractivity contribution < 1.29 is 52.2 Å². The van der Waals surface area contributed by atoms with Crippen molar-refractivity contribution in [3.05, 3.63) is 64.7 Å². The molecule has 0 bridgehead atoms. The number of nitrogens with one attached hydrogen (secondary N) is 3. The zero-order valence-corrected chi connectivity index (χ0v) is 35.3. The molecule has 4 aliphatic rings. The van der Waals surface area contributed by atoms with Crippen LogP contribution in [-0.2, 0) is 57.6 Å². The van der Waals surface area contributed by atoms with Gasteiger partial charge >= 0.3 is 5.97 Å². The largest absolute Gasteiger partial charge is 0.458 e. The van der Waals surface area contributed by atoms with Crippen molar-refractivity contribution >= 4 is 47.1 Å². The highest BCUT2D eigenvalue weighted by molar-refractivity contribution is 5.98. The van der Waals surface area contributed by atoms with Gasteiger partial charge in [-0.15, -0.1) is 0 Å². The van der Waals surface area contributed by atoms with E-state index < -0.39 is 108 Å². The van der Waals surface area contributed by atoms with E-state index in [1.165, 1.54) is 37.6 Å². The first-order valence-electron chi connectivity index (χ1n) is 20.8. The van der Waals surface area contributed by atoms with Crippen LogP contribution in [0.25, 0.3) is 0 Å². The van der Waals surface area contributed by atoms with Crippen molar-refractivity contribution in [3.63, 3.8) is 0 Å². The van der Waals surface area contributed by atoms with Gasteiger partial charge in [0.25, 0.3) is 0 Å². The van der Waals surface area contributed by atoms with Gasteiger partial charge in [0, 0.05) is 51.9 Å². The molecule has 4 N–H and O–H groups in total. The quantitative estimate of drug-likeness (QED) is 0.273. The molecular weight excluding hydrogens is 797 g/mol. The molecule has 0 spiro atoms. The number of anilines is 1. The maximum absolute atomic E-state index is 14.7. The normalized spacial score (nSPS) is 27.2. The SMILES string of the molecule is C[C@@H]1C[C@H]2C(=O)O[C@@H](C)[C@H](NC(=O)[C@H](Cc3cc(F)cc(F)c3)NC(=O)Cc3ccc4c(c3)CCN4C)C(=O)N3CCC[C@H]3C(=O)N(C)C([C@@H](C)O)C(=O)N[C@@H](C)C(=O)N2C1. The van der Waals surface area contributed by atoms with Crippen LogP contribution in [0.4, 0.5) is 14.5 Å². The Labute approximate surface area is 353 Å². The fraction of sp³-hybridized carbons (Fsp3) is 0.558. The van der Waals surface area contributed by atoms with Crippen molar-refractivity contribution in [2.75, 3.05) is 38.6 Å². The minimum Gasteiger partial charge on any atom is -0.458 e. The molecule has 18 heteroatoms. The average Bonchev–Trinajstić information content (AvgIpc) is 3.93. The van der Waals surface area contributed by atoms with Gasteiger partial charge in [0.1, 0.15) is 54.0 Å². The van der Waals surface area contributed by atoms with Gasteiger partial charge in [-0.05, 0) is 87.3 Å². The van der Waals surface area contributed by atoms with Crippen molar-refractivity contribution in [2.45, 2.75) is 115 Å². The molecule has 0 radical (unpaired) electrons. The molecule has 4 aliphatic heterocycles. The third-order valence-corrected chi connectivity index (χ3v) is 12.1. The minimum absolute atomic E-state index is 0.0293. The molecule has 6 rings (SSSR count). The van der Waals surface area contributed by atoms with Gasteiger partial charge in [-0.1, -0.05) is 19.1 Å². The Bertz CT molecular complexity index is 2050. The molecule has 330 valence electrons. The zero-order valence-electron chi connectivity index (χ0n) is 35.3. The summed E-state index contributed by atoms with van der Waals surface area (Å²) in [6, 6.07) is 0.240. The summed E-state index contributed by atoms with van der Waals surface area (Å²) in [6.45, 7) is 6.96.